The van der Waals surface area contributed by atoms with Crippen LogP contribution in [-0.2, 0) is 28.7 Å². The van der Waals surface area contributed by atoms with E-state index >= 15 is 0 Å². The van der Waals surface area contributed by atoms with Gasteiger partial charge in [0.15, 0.2) is 11.5 Å². The summed E-state index contributed by atoms with van der Waals surface area (Å²) >= 11 is 0. The third kappa shape index (κ3) is 4.67. The predicted molar refractivity (Wildman–Crippen MR) is 137 cm³/mol. The summed E-state index contributed by atoms with van der Waals surface area (Å²) in [7, 11) is 0. The van der Waals surface area contributed by atoms with Crippen molar-refractivity contribution in [2.24, 2.45) is 0 Å². The van der Waals surface area contributed by atoms with Crippen LogP contribution in [0.15, 0.2) is 55.0 Å². The second-order valence-electron chi connectivity index (χ2n) is 10.0. The fourth-order valence-corrected chi connectivity index (χ4v) is 4.84. The molecule has 8 nitrogen and oxygen atoms in total. The minimum Gasteiger partial charge on any atom is -0.377 e. The highest BCUT2D eigenvalue weighted by atomic mass is 19.4. The number of anilines is 1. The molecule has 6 rings (SSSR count). The molecule has 0 spiro atoms. The van der Waals surface area contributed by atoms with Gasteiger partial charge in [-0.25, -0.2) is 15.0 Å². The van der Waals surface area contributed by atoms with Gasteiger partial charge in [0.25, 0.3) is 0 Å². The van der Waals surface area contributed by atoms with E-state index in [1.807, 2.05) is 12.1 Å². The lowest BCUT2D eigenvalue weighted by atomic mass is 10.0. The van der Waals surface area contributed by atoms with E-state index in [-0.39, 0.29) is 36.7 Å². The molecule has 39 heavy (non-hydrogen) atoms. The normalized spacial score (nSPS) is 15.6. The minimum absolute atomic E-state index is 0.0915. The Kier molecular flexibility index (Phi) is 6.17. The lowest BCUT2D eigenvalue weighted by molar-refractivity contribution is -0.141. The fourth-order valence-electron chi connectivity index (χ4n) is 4.84. The number of imidazole rings is 1. The molecular formula is C28H25F3N6O2. The second-order valence-corrected chi connectivity index (χ2v) is 10.0. The molecule has 1 aromatic carbocycles. The van der Waals surface area contributed by atoms with Crippen LogP contribution in [0.4, 0.5) is 19.0 Å². The molecule has 2 aliphatic heterocycles. The average Bonchev–Trinajstić information content (AvgIpc) is 3.45. The fraction of sp³-hybridized carbons (Fsp3) is 0.321. The Balaban J connectivity index is 1.28. The van der Waals surface area contributed by atoms with Crippen LogP contribution < -0.4 is 4.90 Å². The summed E-state index contributed by atoms with van der Waals surface area (Å²) in [6.45, 7) is 5.06. The van der Waals surface area contributed by atoms with Crippen LogP contribution >= 0.6 is 0 Å². The quantitative estimate of drug-likeness (QED) is 0.338. The van der Waals surface area contributed by atoms with Gasteiger partial charge in [0.1, 0.15) is 11.6 Å². The number of halogens is 3. The maximum atomic E-state index is 13.4. The molecule has 0 unspecified atom stereocenters. The van der Waals surface area contributed by atoms with Crippen molar-refractivity contribution in [1.29, 1.82) is 0 Å². The summed E-state index contributed by atoms with van der Waals surface area (Å²) in [4.78, 5) is 32.2. The van der Waals surface area contributed by atoms with Crippen LogP contribution in [0.3, 0.4) is 0 Å². The number of hydrogen-bond donors (Lipinski definition) is 0. The van der Waals surface area contributed by atoms with E-state index in [2.05, 4.69) is 28.8 Å². The maximum Gasteiger partial charge on any atom is 0.434 e. The van der Waals surface area contributed by atoms with Gasteiger partial charge in [0.05, 0.1) is 37.9 Å². The average molecular weight is 535 g/mol. The molecule has 5 heterocycles. The SMILES string of the molecule is CC(C)c1ncccc1-c1ncc2c(n1)N(Cc1ccc(-c3nc(C(F)(F)F)cn3C3COC3)cc1)C(=O)C2. The zero-order chi connectivity index (χ0) is 27.3. The number of aromatic nitrogens is 5. The number of carbonyl (C=O) groups excluding carboxylic acids is 1. The summed E-state index contributed by atoms with van der Waals surface area (Å²) in [5.41, 5.74) is 2.88. The first-order valence-corrected chi connectivity index (χ1v) is 12.6. The summed E-state index contributed by atoms with van der Waals surface area (Å²) in [6.07, 6.45) is 0.139. The molecule has 0 atom stereocenters. The number of rotatable bonds is 6. The lowest BCUT2D eigenvalue weighted by Crippen LogP contribution is -2.30. The third-order valence-corrected chi connectivity index (χ3v) is 6.96. The van der Waals surface area contributed by atoms with Crippen molar-refractivity contribution in [3.05, 3.63) is 77.5 Å². The van der Waals surface area contributed by atoms with E-state index in [0.717, 1.165) is 28.6 Å². The number of ether oxygens (including phenoxy) is 1. The molecular weight excluding hydrogens is 509 g/mol. The summed E-state index contributed by atoms with van der Waals surface area (Å²) in [5, 5.41) is 0. The highest BCUT2D eigenvalue weighted by Gasteiger charge is 2.37. The Morgan fingerprint density at radius 2 is 1.85 bits per heavy atom. The van der Waals surface area contributed by atoms with Crippen LogP contribution in [-0.4, -0.2) is 43.6 Å². The van der Waals surface area contributed by atoms with Gasteiger partial charge in [-0.05, 0) is 23.6 Å². The van der Waals surface area contributed by atoms with Gasteiger partial charge in [-0.1, -0.05) is 38.1 Å². The summed E-state index contributed by atoms with van der Waals surface area (Å²) in [6, 6.07) is 10.6. The molecule has 3 aromatic heterocycles. The number of pyridine rings is 1. The number of carbonyl (C=O) groups is 1. The second kappa shape index (κ2) is 9.57. The van der Waals surface area contributed by atoms with Gasteiger partial charge in [-0.2, -0.15) is 13.2 Å². The zero-order valence-corrected chi connectivity index (χ0v) is 21.3. The topological polar surface area (TPSA) is 86.0 Å². The Bertz CT molecular complexity index is 1540. The monoisotopic (exact) mass is 534 g/mol. The molecule has 4 aromatic rings. The van der Waals surface area contributed by atoms with Crippen LogP contribution in [0.25, 0.3) is 22.8 Å². The van der Waals surface area contributed by atoms with Gasteiger partial charge >= 0.3 is 6.18 Å². The summed E-state index contributed by atoms with van der Waals surface area (Å²) in [5.74, 6) is 1.38. The standard InChI is InChI=1S/C28H25F3N6O2/c1-16(2)24-21(4-3-9-32-24)25-33-11-19-10-23(38)37(27(19)35-25)12-17-5-7-18(8-6-17)26-34-22(28(29,30)31)13-36(26)20-14-39-15-20/h3-9,11,13,16,20H,10,12,14-15H2,1-2H3. The van der Waals surface area contributed by atoms with Gasteiger partial charge in [0, 0.05) is 35.3 Å². The van der Waals surface area contributed by atoms with Crippen molar-refractivity contribution in [3.63, 3.8) is 0 Å². The van der Waals surface area contributed by atoms with Crippen molar-refractivity contribution in [2.45, 2.75) is 44.9 Å². The van der Waals surface area contributed by atoms with E-state index in [1.165, 1.54) is 4.57 Å². The van der Waals surface area contributed by atoms with Crippen LogP contribution in [0, 0.1) is 0 Å². The van der Waals surface area contributed by atoms with Crippen molar-refractivity contribution in [1.82, 2.24) is 24.5 Å². The largest absolute Gasteiger partial charge is 0.434 e. The molecule has 0 N–H and O–H groups in total. The van der Waals surface area contributed by atoms with Gasteiger partial charge < -0.3 is 9.30 Å². The van der Waals surface area contributed by atoms with Crippen molar-refractivity contribution in [3.8, 4) is 22.8 Å². The molecule has 0 saturated carbocycles. The Labute approximate surface area is 222 Å². The first-order chi connectivity index (χ1) is 18.7. The van der Waals surface area contributed by atoms with Crippen LogP contribution in [0.1, 0.15) is 48.3 Å². The third-order valence-electron chi connectivity index (χ3n) is 6.96. The molecule has 1 amide bonds. The molecule has 200 valence electrons. The number of benzene rings is 1. The number of fused-ring (bicyclic) bond motifs is 1. The first kappa shape index (κ1) is 25.2. The van der Waals surface area contributed by atoms with Gasteiger partial charge in [-0.15, -0.1) is 0 Å². The van der Waals surface area contributed by atoms with Crippen LogP contribution in [0.5, 0.6) is 0 Å². The number of nitrogens with zero attached hydrogens (tertiary/aromatic N) is 6. The molecule has 2 aliphatic rings. The lowest BCUT2D eigenvalue weighted by Gasteiger charge is -2.28. The highest BCUT2D eigenvalue weighted by Crippen LogP contribution is 2.35. The molecule has 0 aliphatic carbocycles. The molecule has 1 saturated heterocycles. The Morgan fingerprint density at radius 3 is 2.51 bits per heavy atom. The highest BCUT2D eigenvalue weighted by molar-refractivity contribution is 6.00. The Morgan fingerprint density at radius 1 is 1.08 bits per heavy atom. The predicted octanol–water partition coefficient (Wildman–Crippen LogP) is 5.20. The zero-order valence-electron chi connectivity index (χ0n) is 21.3. The smallest absolute Gasteiger partial charge is 0.377 e. The molecule has 11 heteroatoms. The van der Waals surface area contributed by atoms with E-state index in [0.29, 0.717) is 30.4 Å². The van der Waals surface area contributed by atoms with Crippen molar-refractivity contribution >= 4 is 11.7 Å². The van der Waals surface area contributed by atoms with Gasteiger partial charge in [0.2, 0.25) is 5.91 Å². The van der Waals surface area contributed by atoms with Crippen molar-refractivity contribution < 1.29 is 22.7 Å². The molecule has 1 fully saturated rings. The van der Waals surface area contributed by atoms with E-state index in [9.17, 15) is 18.0 Å². The van der Waals surface area contributed by atoms with Crippen molar-refractivity contribution in [2.75, 3.05) is 18.1 Å². The molecule has 0 bridgehead atoms. The van der Waals surface area contributed by atoms with Gasteiger partial charge in [-0.3, -0.25) is 14.7 Å². The maximum absolute atomic E-state index is 13.4. The number of alkyl halides is 3. The number of hydrogen-bond acceptors (Lipinski definition) is 6. The van der Waals surface area contributed by atoms with E-state index in [1.54, 1.807) is 41.6 Å². The minimum atomic E-state index is -4.54. The van der Waals surface area contributed by atoms with Crippen LogP contribution in [0.2, 0.25) is 0 Å². The van der Waals surface area contributed by atoms with E-state index in [4.69, 9.17) is 9.72 Å². The Hall–Kier alpha value is -4.12. The first-order valence-electron chi connectivity index (χ1n) is 12.6. The van der Waals surface area contributed by atoms with E-state index < -0.39 is 11.9 Å². The number of amides is 1. The summed E-state index contributed by atoms with van der Waals surface area (Å²) < 4.78 is 46.8. The molecule has 0 radical (unpaired) electrons.